The maximum atomic E-state index is 12.1. The molecule has 0 radical (unpaired) electrons. The van der Waals surface area contributed by atoms with Gasteiger partial charge in [0.1, 0.15) is 5.54 Å². The third kappa shape index (κ3) is 4.31. The average Bonchev–Trinajstić information content (AvgIpc) is 2.56. The highest BCUT2D eigenvalue weighted by Crippen LogP contribution is 2.29. The van der Waals surface area contributed by atoms with E-state index in [4.69, 9.17) is 33.7 Å². The zero-order valence-electron chi connectivity index (χ0n) is 12.9. The SMILES string of the molecule is N#CC1(NC(=O)COC(=O)c2cc(Cl)cc(Cl)c2N)CCCCC1. The van der Waals surface area contributed by atoms with Crippen LogP contribution in [0.15, 0.2) is 12.1 Å². The van der Waals surface area contributed by atoms with Crippen LogP contribution in [0.25, 0.3) is 0 Å². The summed E-state index contributed by atoms with van der Waals surface area (Å²) >= 11 is 11.7. The van der Waals surface area contributed by atoms with Crippen LogP contribution in [0.5, 0.6) is 0 Å². The van der Waals surface area contributed by atoms with E-state index in [9.17, 15) is 14.9 Å². The molecule has 1 aliphatic carbocycles. The Kier molecular flexibility index (Phi) is 5.92. The highest BCUT2D eigenvalue weighted by atomic mass is 35.5. The van der Waals surface area contributed by atoms with Crippen molar-refractivity contribution >= 4 is 40.8 Å². The van der Waals surface area contributed by atoms with Crippen LogP contribution in [0.4, 0.5) is 5.69 Å². The fourth-order valence-corrected chi connectivity index (χ4v) is 3.18. The fourth-order valence-electron chi connectivity index (χ4n) is 2.69. The molecule has 1 aromatic carbocycles. The van der Waals surface area contributed by atoms with E-state index in [1.54, 1.807) is 0 Å². The van der Waals surface area contributed by atoms with Crippen LogP contribution in [0, 0.1) is 11.3 Å². The van der Waals surface area contributed by atoms with Gasteiger partial charge in [-0.25, -0.2) is 4.79 Å². The molecular weight excluding hydrogens is 353 g/mol. The van der Waals surface area contributed by atoms with Crippen molar-refractivity contribution in [2.24, 2.45) is 0 Å². The molecule has 0 spiro atoms. The molecule has 1 aromatic rings. The summed E-state index contributed by atoms with van der Waals surface area (Å²) in [6.07, 6.45) is 4.00. The molecule has 2 rings (SSSR count). The van der Waals surface area contributed by atoms with E-state index in [1.807, 2.05) is 0 Å². The lowest BCUT2D eigenvalue weighted by molar-refractivity contribution is -0.125. The van der Waals surface area contributed by atoms with Gasteiger partial charge in [0, 0.05) is 5.02 Å². The number of nitrogen functional groups attached to an aromatic ring is 1. The van der Waals surface area contributed by atoms with Gasteiger partial charge in [-0.15, -0.1) is 0 Å². The summed E-state index contributed by atoms with van der Waals surface area (Å²) in [7, 11) is 0. The summed E-state index contributed by atoms with van der Waals surface area (Å²) in [6.45, 7) is -0.508. The number of nitriles is 1. The number of carbonyl (C=O) groups excluding carboxylic acids is 2. The molecule has 0 aliphatic heterocycles. The third-order valence-corrected chi connectivity index (χ3v) is 4.48. The lowest BCUT2D eigenvalue weighted by Gasteiger charge is -2.31. The second-order valence-corrected chi connectivity index (χ2v) is 6.57. The Bertz CT molecular complexity index is 695. The van der Waals surface area contributed by atoms with Crippen LogP contribution in [0.1, 0.15) is 42.5 Å². The van der Waals surface area contributed by atoms with Gasteiger partial charge < -0.3 is 15.8 Å². The van der Waals surface area contributed by atoms with Crippen molar-refractivity contribution in [3.63, 3.8) is 0 Å². The minimum atomic E-state index is -0.875. The molecule has 24 heavy (non-hydrogen) atoms. The summed E-state index contributed by atoms with van der Waals surface area (Å²) < 4.78 is 4.95. The van der Waals surface area contributed by atoms with E-state index in [0.717, 1.165) is 19.3 Å². The molecule has 0 unspecified atom stereocenters. The number of benzene rings is 1. The molecule has 0 saturated heterocycles. The van der Waals surface area contributed by atoms with Crippen molar-refractivity contribution in [2.75, 3.05) is 12.3 Å². The Morgan fingerprint density at radius 1 is 1.29 bits per heavy atom. The Balaban J connectivity index is 1.97. The van der Waals surface area contributed by atoms with Crippen LogP contribution < -0.4 is 11.1 Å². The predicted molar refractivity (Wildman–Crippen MR) is 90.7 cm³/mol. The number of nitrogens with one attached hydrogen (secondary N) is 1. The predicted octanol–water partition coefficient (Wildman–Crippen LogP) is 3.08. The summed E-state index contributed by atoms with van der Waals surface area (Å²) in [5, 5.41) is 12.4. The van der Waals surface area contributed by atoms with Gasteiger partial charge in [-0.3, -0.25) is 4.79 Å². The number of ether oxygens (including phenoxy) is 1. The molecule has 1 saturated carbocycles. The Labute approximate surface area is 149 Å². The number of amides is 1. The van der Waals surface area contributed by atoms with Gasteiger partial charge in [0.05, 0.1) is 22.3 Å². The lowest BCUT2D eigenvalue weighted by Crippen LogP contribution is -2.50. The van der Waals surface area contributed by atoms with Gasteiger partial charge >= 0.3 is 5.97 Å². The number of hydrogen-bond donors (Lipinski definition) is 2. The number of nitrogens with zero attached hydrogens (tertiary/aromatic N) is 1. The zero-order chi connectivity index (χ0) is 17.7. The van der Waals surface area contributed by atoms with E-state index in [1.165, 1.54) is 12.1 Å². The van der Waals surface area contributed by atoms with Crippen LogP contribution in [-0.2, 0) is 9.53 Å². The van der Waals surface area contributed by atoms with Crippen LogP contribution in [-0.4, -0.2) is 24.0 Å². The van der Waals surface area contributed by atoms with Gasteiger partial charge in [0.25, 0.3) is 5.91 Å². The van der Waals surface area contributed by atoms with Crippen molar-refractivity contribution in [3.8, 4) is 6.07 Å². The lowest BCUT2D eigenvalue weighted by atomic mass is 9.83. The van der Waals surface area contributed by atoms with E-state index < -0.39 is 24.0 Å². The normalized spacial score (nSPS) is 16.0. The summed E-state index contributed by atoms with van der Waals surface area (Å²) in [6, 6.07) is 4.89. The number of nitrogens with two attached hydrogens (primary N) is 1. The van der Waals surface area contributed by atoms with Crippen molar-refractivity contribution in [1.29, 1.82) is 5.26 Å². The van der Waals surface area contributed by atoms with E-state index in [0.29, 0.717) is 12.8 Å². The Hall–Kier alpha value is -1.97. The van der Waals surface area contributed by atoms with Crippen LogP contribution in [0.2, 0.25) is 10.0 Å². The van der Waals surface area contributed by atoms with Gasteiger partial charge in [-0.1, -0.05) is 42.5 Å². The van der Waals surface area contributed by atoms with Crippen molar-refractivity contribution in [2.45, 2.75) is 37.6 Å². The standard InChI is InChI=1S/C16H17Cl2N3O3/c17-10-6-11(14(20)12(18)7-10)15(23)24-8-13(22)21-16(9-19)4-2-1-3-5-16/h6-7H,1-5,8,20H2,(H,21,22). The minimum Gasteiger partial charge on any atom is -0.452 e. The molecule has 0 atom stereocenters. The summed E-state index contributed by atoms with van der Waals surface area (Å²) in [4.78, 5) is 24.1. The van der Waals surface area contributed by atoms with Gasteiger partial charge in [-0.2, -0.15) is 5.26 Å². The molecule has 1 fully saturated rings. The first-order chi connectivity index (χ1) is 11.4. The third-order valence-electron chi connectivity index (χ3n) is 3.95. The minimum absolute atomic E-state index is 0.00652. The van der Waals surface area contributed by atoms with Crippen LogP contribution in [0.3, 0.4) is 0 Å². The molecule has 0 aromatic heterocycles. The number of rotatable bonds is 4. The largest absolute Gasteiger partial charge is 0.452 e. The molecule has 0 bridgehead atoms. The smallest absolute Gasteiger partial charge is 0.340 e. The second kappa shape index (κ2) is 7.73. The Morgan fingerprint density at radius 2 is 1.96 bits per heavy atom. The molecular formula is C16H17Cl2N3O3. The van der Waals surface area contributed by atoms with Crippen molar-refractivity contribution < 1.29 is 14.3 Å². The quantitative estimate of drug-likeness (QED) is 0.626. The molecule has 0 heterocycles. The molecule has 6 nitrogen and oxygen atoms in total. The van der Waals surface area contributed by atoms with E-state index in [2.05, 4.69) is 11.4 Å². The van der Waals surface area contributed by atoms with Crippen molar-refractivity contribution in [1.82, 2.24) is 5.32 Å². The molecule has 8 heteroatoms. The second-order valence-electron chi connectivity index (χ2n) is 5.73. The van der Waals surface area contributed by atoms with E-state index >= 15 is 0 Å². The number of anilines is 1. The molecule has 3 N–H and O–H groups in total. The molecule has 1 amide bonds. The van der Waals surface area contributed by atoms with Crippen molar-refractivity contribution in [3.05, 3.63) is 27.7 Å². The van der Waals surface area contributed by atoms with Crippen LogP contribution >= 0.6 is 23.2 Å². The first-order valence-electron chi connectivity index (χ1n) is 7.51. The molecule has 128 valence electrons. The molecule has 1 aliphatic rings. The number of hydrogen-bond acceptors (Lipinski definition) is 5. The Morgan fingerprint density at radius 3 is 2.58 bits per heavy atom. The monoisotopic (exact) mass is 369 g/mol. The highest BCUT2D eigenvalue weighted by molar-refractivity contribution is 6.37. The van der Waals surface area contributed by atoms with Gasteiger partial charge in [-0.05, 0) is 25.0 Å². The number of carbonyl (C=O) groups is 2. The number of halogens is 2. The highest BCUT2D eigenvalue weighted by Gasteiger charge is 2.33. The fraction of sp³-hybridized carbons (Fsp3) is 0.438. The van der Waals surface area contributed by atoms with Gasteiger partial charge in [0.15, 0.2) is 6.61 Å². The van der Waals surface area contributed by atoms with E-state index in [-0.39, 0.29) is 21.3 Å². The first kappa shape index (κ1) is 18.4. The maximum Gasteiger partial charge on any atom is 0.340 e. The average molecular weight is 370 g/mol. The summed E-state index contributed by atoms with van der Waals surface area (Å²) in [5.41, 5.74) is 4.87. The number of esters is 1. The maximum absolute atomic E-state index is 12.1. The topological polar surface area (TPSA) is 105 Å². The summed E-state index contributed by atoms with van der Waals surface area (Å²) in [5.74, 6) is -1.33. The zero-order valence-corrected chi connectivity index (χ0v) is 14.4. The van der Waals surface area contributed by atoms with Gasteiger partial charge in [0.2, 0.25) is 0 Å². The first-order valence-corrected chi connectivity index (χ1v) is 8.26.